The van der Waals surface area contributed by atoms with Gasteiger partial charge in [-0.15, -0.1) is 0 Å². The van der Waals surface area contributed by atoms with Crippen LogP contribution in [0.25, 0.3) is 0 Å². The summed E-state index contributed by atoms with van der Waals surface area (Å²) in [5.74, 6) is 0. The van der Waals surface area contributed by atoms with E-state index >= 15 is 0 Å². The maximum Gasteiger partial charge on any atom is 4.00 e. The first-order chi connectivity index (χ1) is 4.50. The summed E-state index contributed by atoms with van der Waals surface area (Å²) in [5.41, 5.74) is 0. The summed E-state index contributed by atoms with van der Waals surface area (Å²) < 4.78 is 0. The maximum absolute atomic E-state index is 7.75. The molecule has 0 spiro atoms. The van der Waals surface area contributed by atoms with Gasteiger partial charge in [0.15, 0.2) is 0 Å². The van der Waals surface area contributed by atoms with Crippen LogP contribution in [0.4, 0.5) is 0 Å². The Morgan fingerprint density at radius 1 is 0.909 bits per heavy atom. The molecule has 3 heteroatoms. The predicted molar refractivity (Wildman–Crippen MR) is 42.3 cm³/mol. The first-order valence-corrected chi connectivity index (χ1v) is 2.14. The number of rotatable bonds is 0. The van der Waals surface area contributed by atoms with E-state index in [0.29, 0.717) is 0 Å². The molecule has 0 saturated heterocycles. The van der Waals surface area contributed by atoms with Gasteiger partial charge in [-0.3, -0.25) is 13.6 Å². The van der Waals surface area contributed by atoms with Crippen LogP contribution in [0.15, 0.2) is 30.3 Å². The zero-order valence-corrected chi connectivity index (χ0v) is 7.75. The van der Waals surface area contributed by atoms with E-state index in [9.17, 15) is 0 Å². The van der Waals surface area contributed by atoms with Crippen molar-refractivity contribution in [1.82, 2.24) is 0 Å². The minimum Gasteiger partial charge on any atom is -0.545 e. The summed E-state index contributed by atoms with van der Waals surface area (Å²) in [7, 11) is 0. The van der Waals surface area contributed by atoms with Crippen molar-refractivity contribution in [3.8, 4) is 0 Å². The summed E-state index contributed by atoms with van der Waals surface area (Å²) in [6, 6.07) is 10.0. The Bertz CT molecular complexity index is 87.6. The zero-order chi connectivity index (χ0) is 7.54. The van der Waals surface area contributed by atoms with Gasteiger partial charge in [-0.05, 0) is 0 Å². The van der Waals surface area contributed by atoms with E-state index < -0.39 is 0 Å². The summed E-state index contributed by atoms with van der Waals surface area (Å²) in [6.45, 7) is 6.50. The second kappa shape index (κ2) is 34.5. The summed E-state index contributed by atoms with van der Waals surface area (Å²) in [4.78, 5) is 15.5. The van der Waals surface area contributed by atoms with Crippen molar-refractivity contribution >= 4 is 13.6 Å². The van der Waals surface area contributed by atoms with E-state index in [4.69, 9.17) is 9.59 Å². The topological polar surface area (TPSA) is 34.1 Å². The largest absolute Gasteiger partial charge is 4.00 e. The fraction of sp³-hybridized carbons (Fsp3) is 0.125. The Morgan fingerprint density at radius 2 is 1.18 bits per heavy atom. The SMILES string of the molecule is C.[CH-]=O.[CH-]=O.[Os+4].c1cc[cH-]c1. The molecule has 0 radical (unpaired) electrons. The van der Waals surface area contributed by atoms with Gasteiger partial charge in [-0.1, -0.05) is 7.43 Å². The Hall–Kier alpha value is -0.674. The molecular formula is C8H11O2Os+. The van der Waals surface area contributed by atoms with Crippen LogP contribution >= 0.6 is 0 Å². The summed E-state index contributed by atoms with van der Waals surface area (Å²) >= 11 is 0. The van der Waals surface area contributed by atoms with Gasteiger partial charge in [-0.2, -0.15) is 18.2 Å². The second-order valence-corrected chi connectivity index (χ2v) is 0.962. The normalized spacial score (nSPS) is 4.36. The van der Waals surface area contributed by atoms with Gasteiger partial charge < -0.3 is 9.59 Å². The first-order valence-electron chi connectivity index (χ1n) is 2.14. The van der Waals surface area contributed by atoms with E-state index in [1.165, 1.54) is 0 Å². The molecular weight excluding hydrogens is 318 g/mol. The van der Waals surface area contributed by atoms with Gasteiger partial charge in [-0.25, -0.2) is 12.1 Å². The molecule has 0 aromatic heterocycles. The van der Waals surface area contributed by atoms with E-state index in [0.717, 1.165) is 0 Å². The molecule has 0 fully saturated rings. The molecule has 0 saturated carbocycles. The van der Waals surface area contributed by atoms with Crippen LogP contribution in [0.1, 0.15) is 7.43 Å². The fourth-order valence-electron chi connectivity index (χ4n) is 0.321. The molecule has 0 aliphatic heterocycles. The van der Waals surface area contributed by atoms with Crippen LogP contribution in [0.3, 0.4) is 0 Å². The third-order valence-electron chi connectivity index (χ3n) is 0.556. The van der Waals surface area contributed by atoms with Crippen LogP contribution in [-0.4, -0.2) is 13.6 Å². The van der Waals surface area contributed by atoms with Crippen molar-refractivity contribution in [2.24, 2.45) is 0 Å². The van der Waals surface area contributed by atoms with Gasteiger partial charge in [0.25, 0.3) is 0 Å². The predicted octanol–water partition coefficient (Wildman–Crippen LogP) is 1.49. The van der Waals surface area contributed by atoms with Crippen molar-refractivity contribution in [2.75, 3.05) is 0 Å². The molecule has 1 rings (SSSR count). The number of hydrogen-bond acceptors (Lipinski definition) is 2. The number of carbonyl (C=O) groups excluding carboxylic acids is 2. The molecule has 2 nitrogen and oxygen atoms in total. The van der Waals surface area contributed by atoms with E-state index in [-0.39, 0.29) is 27.2 Å². The standard InChI is InChI=1S/C5H5.2CHO.CH4.Os/c1-2-4-5-3-1;2*1-2;;/h1-5H;2*1H;1H4;/q3*-1;;+4. The monoisotopic (exact) mass is 331 g/mol. The van der Waals surface area contributed by atoms with Gasteiger partial charge in [0.05, 0.1) is 0 Å². The van der Waals surface area contributed by atoms with E-state index in [2.05, 4.69) is 13.6 Å². The Kier molecular flexibility index (Phi) is 70.5. The molecule has 11 heavy (non-hydrogen) atoms. The average Bonchev–Trinajstić information content (AvgIpc) is 2.51. The minimum atomic E-state index is 0. The Morgan fingerprint density at radius 3 is 1.27 bits per heavy atom. The zero-order valence-electron chi connectivity index (χ0n) is 5.21. The average molecular weight is 329 g/mol. The van der Waals surface area contributed by atoms with E-state index in [1.54, 1.807) is 0 Å². The van der Waals surface area contributed by atoms with Crippen molar-refractivity contribution in [3.05, 3.63) is 30.3 Å². The molecule has 0 aliphatic rings. The van der Waals surface area contributed by atoms with Gasteiger partial charge in [0, 0.05) is 0 Å². The van der Waals surface area contributed by atoms with E-state index in [1.807, 2.05) is 30.3 Å². The molecule has 0 bridgehead atoms. The summed E-state index contributed by atoms with van der Waals surface area (Å²) in [6.07, 6.45) is 0. The van der Waals surface area contributed by atoms with Gasteiger partial charge in [0.2, 0.25) is 0 Å². The molecule has 0 N–H and O–H groups in total. The Balaban J connectivity index is -0.0000000369. The molecule has 1 aromatic carbocycles. The molecule has 0 amide bonds. The third kappa shape index (κ3) is 26.7. The van der Waals surface area contributed by atoms with Gasteiger partial charge in [0.1, 0.15) is 0 Å². The molecule has 0 atom stereocenters. The van der Waals surface area contributed by atoms with Crippen LogP contribution < -0.4 is 0 Å². The van der Waals surface area contributed by atoms with Crippen LogP contribution in [0, 0.1) is 0 Å². The van der Waals surface area contributed by atoms with Crippen molar-refractivity contribution in [1.29, 1.82) is 0 Å². The van der Waals surface area contributed by atoms with Crippen LogP contribution in [0.5, 0.6) is 0 Å². The third-order valence-corrected chi connectivity index (χ3v) is 0.556. The van der Waals surface area contributed by atoms with Crippen molar-refractivity contribution in [3.63, 3.8) is 0 Å². The van der Waals surface area contributed by atoms with Crippen LogP contribution in [-0.2, 0) is 29.4 Å². The Labute approximate surface area is 81.0 Å². The van der Waals surface area contributed by atoms with Crippen molar-refractivity contribution < 1.29 is 29.4 Å². The first kappa shape index (κ1) is 22.4. The molecule has 1 aromatic rings. The fourth-order valence-corrected chi connectivity index (χ4v) is 0.321. The van der Waals surface area contributed by atoms with Crippen LogP contribution in [0.2, 0.25) is 0 Å². The molecule has 0 aliphatic carbocycles. The molecule has 0 unspecified atom stereocenters. The minimum absolute atomic E-state index is 0. The maximum atomic E-state index is 7.75. The quantitative estimate of drug-likeness (QED) is 0.534. The molecule has 0 heterocycles. The van der Waals surface area contributed by atoms with Crippen molar-refractivity contribution in [2.45, 2.75) is 7.43 Å². The van der Waals surface area contributed by atoms with Gasteiger partial charge >= 0.3 is 19.8 Å². The summed E-state index contributed by atoms with van der Waals surface area (Å²) in [5, 5.41) is 0. The smallest absolute Gasteiger partial charge is 0.545 e. The number of hydrogen-bond donors (Lipinski definition) is 0. The second-order valence-electron chi connectivity index (χ2n) is 0.962. The molecule has 62 valence electrons.